The van der Waals surface area contributed by atoms with Crippen molar-refractivity contribution in [3.8, 4) is 10.6 Å². The van der Waals surface area contributed by atoms with Crippen LogP contribution in [0.25, 0.3) is 20.8 Å². The Kier molecular flexibility index (Phi) is 7.56. The Morgan fingerprint density at radius 3 is 2.56 bits per heavy atom. The van der Waals surface area contributed by atoms with Crippen molar-refractivity contribution < 1.29 is 24.9 Å². The van der Waals surface area contributed by atoms with Gasteiger partial charge >= 0.3 is 5.97 Å². The Bertz CT molecular complexity index is 1530. The first-order chi connectivity index (χ1) is 19.9. The lowest BCUT2D eigenvalue weighted by Crippen LogP contribution is -2.35. The number of anilines is 2. The molecule has 5 N–H and O–H groups in total. The lowest BCUT2D eigenvalue weighted by atomic mass is 10.0. The molecule has 41 heavy (non-hydrogen) atoms. The molecule has 2 saturated carbocycles. The van der Waals surface area contributed by atoms with Crippen LogP contribution >= 0.6 is 11.3 Å². The van der Waals surface area contributed by atoms with Gasteiger partial charge in [0.15, 0.2) is 0 Å². The van der Waals surface area contributed by atoms with E-state index < -0.39 is 24.2 Å². The Balaban J connectivity index is 1.36. The zero-order valence-electron chi connectivity index (χ0n) is 22.7. The summed E-state index contributed by atoms with van der Waals surface area (Å²) in [6.07, 6.45) is 3.83. The van der Waals surface area contributed by atoms with Crippen LogP contribution in [0.3, 0.4) is 0 Å². The molecule has 4 aromatic rings. The van der Waals surface area contributed by atoms with Crippen LogP contribution in [0.2, 0.25) is 0 Å². The van der Waals surface area contributed by atoms with Crippen molar-refractivity contribution in [3.63, 3.8) is 0 Å². The van der Waals surface area contributed by atoms with Gasteiger partial charge in [-0.2, -0.15) is 4.98 Å². The largest absolute Gasteiger partial charge is 0.465 e. The molecule has 5 atom stereocenters. The van der Waals surface area contributed by atoms with Gasteiger partial charge in [0, 0.05) is 18.7 Å². The first-order valence-corrected chi connectivity index (χ1v) is 14.5. The average Bonchev–Trinajstić information content (AvgIpc) is 3.68. The third-order valence-corrected chi connectivity index (χ3v) is 8.97. The van der Waals surface area contributed by atoms with Crippen LogP contribution in [-0.4, -0.2) is 73.2 Å². The molecule has 0 aliphatic heterocycles. The zero-order valence-corrected chi connectivity index (χ0v) is 23.5. The van der Waals surface area contributed by atoms with Crippen LogP contribution in [0.4, 0.5) is 11.8 Å². The second-order valence-corrected chi connectivity index (χ2v) is 11.7. The maximum atomic E-state index is 11.9. The standard InChI is InChI=1S/C29H32N6O5S/c1-14-22(27-33-20-12-30-10-9-21(20)41-27)26(32-19-11-18(13-36)24(37)25(19)38)35-29(31-14)34-23(15-3-4-15)16-5-7-17(8-6-16)28(39)40-2/h5-10,12,15,18-19,23-25,36-38H,3-4,11,13H2,1-2H3,(H2,31,32,34,35)/t18-,19-,23-,24-,25+/m1/s1. The average molecular weight is 577 g/mol. The summed E-state index contributed by atoms with van der Waals surface area (Å²) in [5, 5.41) is 38.5. The van der Waals surface area contributed by atoms with E-state index in [0.717, 1.165) is 28.6 Å². The number of carbonyl (C=O) groups excluding carboxylic acids is 1. The van der Waals surface area contributed by atoms with Crippen molar-refractivity contribution in [2.24, 2.45) is 11.8 Å². The summed E-state index contributed by atoms with van der Waals surface area (Å²) in [5.74, 6) is 0.473. The highest BCUT2D eigenvalue weighted by Crippen LogP contribution is 2.43. The maximum Gasteiger partial charge on any atom is 0.337 e. The number of esters is 1. The maximum absolute atomic E-state index is 11.9. The van der Waals surface area contributed by atoms with Gasteiger partial charge in [-0.15, -0.1) is 11.3 Å². The van der Waals surface area contributed by atoms with Crippen molar-refractivity contribution in [1.82, 2.24) is 19.9 Å². The summed E-state index contributed by atoms with van der Waals surface area (Å²) < 4.78 is 5.81. The molecular formula is C29H32N6O5S. The van der Waals surface area contributed by atoms with Gasteiger partial charge in [0.05, 0.1) is 53.0 Å². The smallest absolute Gasteiger partial charge is 0.337 e. The molecule has 0 spiro atoms. The summed E-state index contributed by atoms with van der Waals surface area (Å²) in [6.45, 7) is 1.67. The monoisotopic (exact) mass is 576 g/mol. The van der Waals surface area contributed by atoms with E-state index in [1.807, 2.05) is 25.1 Å². The fourth-order valence-electron chi connectivity index (χ4n) is 5.50. The predicted molar refractivity (Wildman–Crippen MR) is 155 cm³/mol. The van der Waals surface area contributed by atoms with E-state index in [2.05, 4.69) is 15.6 Å². The van der Waals surface area contributed by atoms with Crippen molar-refractivity contribution in [1.29, 1.82) is 0 Å². The van der Waals surface area contributed by atoms with Gasteiger partial charge in [-0.1, -0.05) is 12.1 Å². The molecule has 12 heteroatoms. The van der Waals surface area contributed by atoms with Crippen LogP contribution in [0.1, 0.15) is 46.9 Å². The lowest BCUT2D eigenvalue weighted by Gasteiger charge is -2.23. The number of fused-ring (bicyclic) bond motifs is 1. The molecule has 11 nitrogen and oxygen atoms in total. The number of nitrogens with one attached hydrogen (secondary N) is 2. The zero-order chi connectivity index (χ0) is 28.7. The number of nitrogens with zero attached hydrogens (tertiary/aromatic N) is 4. The third-order valence-electron chi connectivity index (χ3n) is 7.92. The molecule has 1 aromatic carbocycles. The van der Waals surface area contributed by atoms with E-state index >= 15 is 0 Å². The van der Waals surface area contributed by atoms with Crippen LogP contribution < -0.4 is 10.6 Å². The second-order valence-electron chi connectivity index (χ2n) is 10.7. The van der Waals surface area contributed by atoms with E-state index in [9.17, 15) is 20.1 Å². The highest BCUT2D eigenvalue weighted by atomic mass is 32.1. The third kappa shape index (κ3) is 5.47. The fraction of sp³-hybridized carbons (Fsp3) is 0.414. The molecule has 2 aliphatic rings. The number of ether oxygens (including phenoxy) is 1. The quantitative estimate of drug-likeness (QED) is 0.186. The summed E-state index contributed by atoms with van der Waals surface area (Å²) in [6, 6.07) is 8.67. The number of hydrogen-bond donors (Lipinski definition) is 5. The molecule has 214 valence electrons. The van der Waals surface area contributed by atoms with Gasteiger partial charge in [0.2, 0.25) is 5.95 Å². The number of benzene rings is 1. The topological polar surface area (TPSA) is 163 Å². The van der Waals surface area contributed by atoms with Gasteiger partial charge in [-0.25, -0.2) is 14.8 Å². The van der Waals surface area contributed by atoms with Crippen LogP contribution in [0.5, 0.6) is 0 Å². The number of aliphatic hydroxyl groups excluding tert-OH is 3. The minimum absolute atomic E-state index is 0.0639. The Hall–Kier alpha value is -3.71. The van der Waals surface area contributed by atoms with Crippen molar-refractivity contribution in [2.45, 2.75) is 50.5 Å². The number of aromatic nitrogens is 4. The number of methoxy groups -OCH3 is 1. The molecule has 6 rings (SSSR count). The molecule has 0 saturated heterocycles. The molecule has 3 heterocycles. The van der Waals surface area contributed by atoms with Crippen LogP contribution in [0, 0.1) is 18.8 Å². The van der Waals surface area contributed by atoms with Crippen LogP contribution in [-0.2, 0) is 4.74 Å². The van der Waals surface area contributed by atoms with Gasteiger partial charge in [-0.05, 0) is 55.9 Å². The predicted octanol–water partition coefficient (Wildman–Crippen LogP) is 3.32. The number of thiazole rings is 1. The van der Waals surface area contributed by atoms with E-state index in [-0.39, 0.29) is 18.6 Å². The minimum Gasteiger partial charge on any atom is -0.465 e. The Labute approximate surface area is 240 Å². The van der Waals surface area contributed by atoms with Gasteiger partial charge in [0.1, 0.15) is 22.4 Å². The molecule has 2 aliphatic carbocycles. The molecule has 2 fully saturated rings. The molecule has 3 aromatic heterocycles. The molecular weight excluding hydrogens is 544 g/mol. The highest BCUT2D eigenvalue weighted by molar-refractivity contribution is 7.21. The second kappa shape index (κ2) is 11.3. The Morgan fingerprint density at radius 2 is 1.90 bits per heavy atom. The van der Waals surface area contributed by atoms with Gasteiger partial charge in [-0.3, -0.25) is 4.98 Å². The summed E-state index contributed by atoms with van der Waals surface area (Å²) in [7, 11) is 1.36. The number of hydrogen-bond acceptors (Lipinski definition) is 12. The van der Waals surface area contributed by atoms with Gasteiger partial charge in [0.25, 0.3) is 0 Å². The molecule has 0 bridgehead atoms. The van der Waals surface area contributed by atoms with Crippen molar-refractivity contribution in [3.05, 3.63) is 59.5 Å². The normalized spacial score (nSPS) is 23.0. The van der Waals surface area contributed by atoms with E-state index in [1.54, 1.807) is 24.5 Å². The fourth-order valence-corrected chi connectivity index (χ4v) is 6.53. The number of aryl methyl sites for hydroxylation is 1. The number of rotatable bonds is 9. The number of pyridine rings is 1. The summed E-state index contributed by atoms with van der Waals surface area (Å²) in [5.41, 5.74) is 3.66. The first kappa shape index (κ1) is 27.5. The SMILES string of the molecule is COC(=O)c1ccc([C@H](Nc2nc(C)c(-c3nc4cnccc4s3)c(N[C@@H]3C[C@H](CO)[C@@H](O)[C@H]3O)n2)C2CC2)cc1. The summed E-state index contributed by atoms with van der Waals surface area (Å²) in [4.78, 5) is 30.6. The van der Waals surface area contributed by atoms with E-state index in [1.165, 1.54) is 18.4 Å². The van der Waals surface area contributed by atoms with E-state index in [4.69, 9.17) is 19.7 Å². The van der Waals surface area contributed by atoms with Crippen molar-refractivity contribution >= 4 is 39.3 Å². The molecule has 0 unspecified atom stereocenters. The minimum atomic E-state index is -1.07. The molecule has 0 amide bonds. The number of aliphatic hydroxyl groups is 3. The molecule has 0 radical (unpaired) electrons. The van der Waals surface area contributed by atoms with Gasteiger partial charge < -0.3 is 30.7 Å². The summed E-state index contributed by atoms with van der Waals surface area (Å²) >= 11 is 1.50. The van der Waals surface area contributed by atoms with Crippen molar-refractivity contribution in [2.75, 3.05) is 24.4 Å². The highest BCUT2D eigenvalue weighted by Gasteiger charge is 2.42. The first-order valence-electron chi connectivity index (χ1n) is 13.6. The van der Waals surface area contributed by atoms with Crippen LogP contribution in [0.15, 0.2) is 42.7 Å². The lowest BCUT2D eigenvalue weighted by molar-refractivity contribution is 0.00446. The Morgan fingerprint density at radius 1 is 1.12 bits per heavy atom. The number of carbonyl (C=O) groups is 1. The van der Waals surface area contributed by atoms with E-state index in [0.29, 0.717) is 45.9 Å².